The van der Waals surface area contributed by atoms with Gasteiger partial charge in [0.2, 0.25) is 5.91 Å². The fourth-order valence-electron chi connectivity index (χ4n) is 2.53. The molecule has 1 rings (SSSR count). The minimum atomic E-state index is 0.194. The maximum absolute atomic E-state index is 11.7. The zero-order valence-corrected chi connectivity index (χ0v) is 11.4. The summed E-state index contributed by atoms with van der Waals surface area (Å²) in [6, 6.07) is 0. The van der Waals surface area contributed by atoms with Crippen LogP contribution in [0.25, 0.3) is 0 Å². The molecule has 0 radical (unpaired) electrons. The molecule has 0 aromatic heterocycles. The average molecular weight is 240 g/mol. The molecule has 0 aromatic rings. The Bertz CT molecular complexity index is 232. The minimum absolute atomic E-state index is 0.194. The minimum Gasteiger partial charge on any atom is -0.356 e. The molecule has 1 aliphatic carbocycles. The first-order valence-electron chi connectivity index (χ1n) is 7.00. The number of hydrogen-bond donors (Lipinski definition) is 2. The highest BCUT2D eigenvalue weighted by molar-refractivity contribution is 5.75. The van der Waals surface area contributed by atoms with E-state index in [1.165, 1.54) is 25.7 Å². The van der Waals surface area contributed by atoms with Gasteiger partial charge in [-0.3, -0.25) is 4.79 Å². The van der Waals surface area contributed by atoms with Crippen LogP contribution in [0.1, 0.15) is 58.8 Å². The number of hydrogen-bond acceptors (Lipinski definition) is 2. The van der Waals surface area contributed by atoms with Crippen LogP contribution in [0.2, 0.25) is 0 Å². The van der Waals surface area contributed by atoms with Crippen molar-refractivity contribution in [3.63, 3.8) is 0 Å². The zero-order chi connectivity index (χ0) is 12.7. The predicted molar refractivity (Wildman–Crippen MR) is 71.7 cm³/mol. The Hall–Kier alpha value is -0.570. The third-order valence-electron chi connectivity index (χ3n) is 3.91. The molecule has 3 nitrogen and oxygen atoms in total. The average Bonchev–Trinajstić information content (AvgIpc) is 2.76. The van der Waals surface area contributed by atoms with Crippen LogP contribution in [-0.2, 0) is 4.79 Å². The summed E-state index contributed by atoms with van der Waals surface area (Å²) in [4.78, 5) is 11.7. The molecule has 0 saturated heterocycles. The molecule has 1 saturated carbocycles. The molecular weight excluding hydrogens is 212 g/mol. The SMILES string of the molecule is CC(C)(CCN)CCC(=O)NCC1CCCC1. The van der Waals surface area contributed by atoms with Crippen molar-refractivity contribution in [2.24, 2.45) is 17.1 Å². The van der Waals surface area contributed by atoms with E-state index in [1.807, 2.05) is 0 Å². The first-order chi connectivity index (χ1) is 8.03. The molecule has 0 aromatic carbocycles. The smallest absolute Gasteiger partial charge is 0.220 e. The Labute approximate surface area is 106 Å². The van der Waals surface area contributed by atoms with Gasteiger partial charge < -0.3 is 11.1 Å². The molecule has 0 spiro atoms. The summed E-state index contributed by atoms with van der Waals surface area (Å²) in [5, 5.41) is 3.07. The van der Waals surface area contributed by atoms with Crippen molar-refractivity contribution in [2.45, 2.75) is 58.8 Å². The number of amides is 1. The molecule has 1 amide bonds. The Morgan fingerprint density at radius 2 is 1.94 bits per heavy atom. The number of rotatable bonds is 7. The fraction of sp³-hybridized carbons (Fsp3) is 0.929. The summed E-state index contributed by atoms with van der Waals surface area (Å²) >= 11 is 0. The summed E-state index contributed by atoms with van der Waals surface area (Å²) in [5.74, 6) is 0.943. The number of carbonyl (C=O) groups is 1. The van der Waals surface area contributed by atoms with Gasteiger partial charge in [0.1, 0.15) is 0 Å². The van der Waals surface area contributed by atoms with Crippen molar-refractivity contribution in [2.75, 3.05) is 13.1 Å². The summed E-state index contributed by atoms with van der Waals surface area (Å²) in [5.41, 5.74) is 5.76. The normalized spacial score (nSPS) is 17.4. The number of nitrogens with two attached hydrogens (primary N) is 1. The highest BCUT2D eigenvalue weighted by atomic mass is 16.1. The first kappa shape index (κ1) is 14.5. The van der Waals surface area contributed by atoms with E-state index in [2.05, 4.69) is 19.2 Å². The lowest BCUT2D eigenvalue weighted by molar-refractivity contribution is -0.121. The molecule has 0 unspecified atom stereocenters. The summed E-state index contributed by atoms with van der Waals surface area (Å²) < 4.78 is 0. The van der Waals surface area contributed by atoms with E-state index in [0.29, 0.717) is 13.0 Å². The van der Waals surface area contributed by atoms with Gasteiger partial charge in [-0.05, 0) is 43.6 Å². The molecule has 1 fully saturated rings. The molecule has 0 atom stereocenters. The first-order valence-corrected chi connectivity index (χ1v) is 7.00. The fourth-order valence-corrected chi connectivity index (χ4v) is 2.53. The Balaban J connectivity index is 2.11. The van der Waals surface area contributed by atoms with Gasteiger partial charge in [0.15, 0.2) is 0 Å². The summed E-state index contributed by atoms with van der Waals surface area (Å²) in [6.45, 7) is 5.96. The van der Waals surface area contributed by atoms with Crippen molar-refractivity contribution in [3.05, 3.63) is 0 Å². The van der Waals surface area contributed by atoms with Gasteiger partial charge in [-0.15, -0.1) is 0 Å². The summed E-state index contributed by atoms with van der Waals surface area (Å²) in [6.07, 6.45) is 7.81. The van der Waals surface area contributed by atoms with E-state index in [4.69, 9.17) is 5.73 Å². The van der Waals surface area contributed by atoms with Crippen molar-refractivity contribution in [1.82, 2.24) is 5.32 Å². The van der Waals surface area contributed by atoms with E-state index in [1.54, 1.807) is 0 Å². The van der Waals surface area contributed by atoms with E-state index >= 15 is 0 Å². The monoisotopic (exact) mass is 240 g/mol. The van der Waals surface area contributed by atoms with Gasteiger partial charge in [0.05, 0.1) is 0 Å². The second-order valence-electron chi connectivity index (χ2n) is 6.16. The summed E-state index contributed by atoms with van der Waals surface area (Å²) in [7, 11) is 0. The maximum atomic E-state index is 11.7. The molecular formula is C14H28N2O. The second-order valence-corrected chi connectivity index (χ2v) is 6.16. The van der Waals surface area contributed by atoms with Crippen LogP contribution in [-0.4, -0.2) is 19.0 Å². The Morgan fingerprint density at radius 3 is 2.53 bits per heavy atom. The highest BCUT2D eigenvalue weighted by Gasteiger charge is 2.19. The molecule has 3 N–H and O–H groups in total. The van der Waals surface area contributed by atoms with Crippen molar-refractivity contribution < 1.29 is 4.79 Å². The van der Waals surface area contributed by atoms with Crippen molar-refractivity contribution in [1.29, 1.82) is 0 Å². The lowest BCUT2D eigenvalue weighted by Crippen LogP contribution is -2.29. The van der Waals surface area contributed by atoms with Gasteiger partial charge in [0.25, 0.3) is 0 Å². The number of nitrogens with one attached hydrogen (secondary N) is 1. The molecule has 0 heterocycles. The predicted octanol–water partition coefficient (Wildman–Crippen LogP) is 2.45. The van der Waals surface area contributed by atoms with Crippen LogP contribution in [0.15, 0.2) is 0 Å². The topological polar surface area (TPSA) is 55.1 Å². The molecule has 0 bridgehead atoms. The lowest BCUT2D eigenvalue weighted by atomic mass is 9.84. The van der Waals surface area contributed by atoms with Crippen LogP contribution < -0.4 is 11.1 Å². The maximum Gasteiger partial charge on any atom is 0.220 e. The van der Waals surface area contributed by atoms with Crippen molar-refractivity contribution >= 4 is 5.91 Å². The van der Waals surface area contributed by atoms with Crippen LogP contribution in [0.4, 0.5) is 0 Å². The van der Waals surface area contributed by atoms with Gasteiger partial charge in [-0.1, -0.05) is 26.7 Å². The van der Waals surface area contributed by atoms with E-state index in [0.717, 1.165) is 25.3 Å². The Kier molecular flexibility index (Phi) is 5.96. The second kappa shape index (κ2) is 7.00. The third-order valence-corrected chi connectivity index (χ3v) is 3.91. The largest absolute Gasteiger partial charge is 0.356 e. The van der Waals surface area contributed by atoms with Crippen molar-refractivity contribution in [3.8, 4) is 0 Å². The molecule has 17 heavy (non-hydrogen) atoms. The third kappa shape index (κ3) is 6.06. The molecule has 1 aliphatic rings. The zero-order valence-electron chi connectivity index (χ0n) is 11.4. The molecule has 100 valence electrons. The quantitative estimate of drug-likeness (QED) is 0.718. The lowest BCUT2D eigenvalue weighted by Gasteiger charge is -2.23. The number of carbonyl (C=O) groups excluding carboxylic acids is 1. The molecule has 0 aliphatic heterocycles. The van der Waals surface area contributed by atoms with Gasteiger partial charge in [-0.25, -0.2) is 0 Å². The van der Waals surface area contributed by atoms with E-state index in [-0.39, 0.29) is 11.3 Å². The van der Waals surface area contributed by atoms with Crippen LogP contribution in [0.5, 0.6) is 0 Å². The highest BCUT2D eigenvalue weighted by Crippen LogP contribution is 2.26. The standard InChI is InChI=1S/C14H28N2O/c1-14(2,9-10-15)8-7-13(17)16-11-12-5-3-4-6-12/h12H,3-11,15H2,1-2H3,(H,16,17). The van der Waals surface area contributed by atoms with Gasteiger partial charge in [-0.2, -0.15) is 0 Å². The van der Waals surface area contributed by atoms with Crippen LogP contribution >= 0.6 is 0 Å². The van der Waals surface area contributed by atoms with Crippen LogP contribution in [0, 0.1) is 11.3 Å². The van der Waals surface area contributed by atoms with E-state index in [9.17, 15) is 4.79 Å². The Morgan fingerprint density at radius 1 is 1.29 bits per heavy atom. The van der Waals surface area contributed by atoms with E-state index < -0.39 is 0 Å². The van der Waals surface area contributed by atoms with Gasteiger partial charge >= 0.3 is 0 Å². The molecule has 3 heteroatoms. The van der Waals surface area contributed by atoms with Crippen LogP contribution in [0.3, 0.4) is 0 Å². The van der Waals surface area contributed by atoms with Gasteiger partial charge in [0, 0.05) is 13.0 Å².